The number of hydrogen-bond donors (Lipinski definition) is 2. The van der Waals surface area contributed by atoms with E-state index in [4.69, 9.17) is 22.2 Å². The summed E-state index contributed by atoms with van der Waals surface area (Å²) in [6, 6.07) is 1.86. The number of hydrazine groups is 1. The molecule has 0 saturated carbocycles. The summed E-state index contributed by atoms with van der Waals surface area (Å²) in [4.78, 5) is 0. The number of methoxy groups -OCH3 is 1. The average molecular weight is 201 g/mol. The van der Waals surface area contributed by atoms with Crippen molar-refractivity contribution in [2.75, 3.05) is 12.5 Å². The van der Waals surface area contributed by atoms with Crippen LogP contribution >= 0.6 is 11.6 Å². The van der Waals surface area contributed by atoms with Crippen LogP contribution in [-0.2, 0) is 0 Å². The quantitative estimate of drug-likeness (QED) is 0.569. The Morgan fingerprint density at radius 2 is 2.08 bits per heavy atom. The Hall–Kier alpha value is -0.930. The molecule has 0 bridgehead atoms. The summed E-state index contributed by atoms with van der Waals surface area (Å²) in [7, 11) is 1.57. The van der Waals surface area contributed by atoms with Crippen LogP contribution in [0.25, 0.3) is 0 Å². The zero-order chi connectivity index (χ0) is 10.0. The second kappa shape index (κ2) is 3.85. The number of rotatable bonds is 2. The van der Waals surface area contributed by atoms with Crippen molar-refractivity contribution in [3.05, 3.63) is 22.2 Å². The minimum Gasteiger partial charge on any atom is -0.493 e. The van der Waals surface area contributed by atoms with Gasteiger partial charge in [-0.3, -0.25) is 5.84 Å². The van der Waals surface area contributed by atoms with Crippen LogP contribution in [0.5, 0.6) is 5.75 Å². The lowest BCUT2D eigenvalue weighted by Crippen LogP contribution is -2.10. The third-order valence-corrected chi connectivity index (χ3v) is 2.38. The van der Waals surface area contributed by atoms with E-state index in [1.54, 1.807) is 7.11 Å². The topological polar surface area (TPSA) is 47.3 Å². The highest BCUT2D eigenvalue weighted by molar-refractivity contribution is 6.32. The summed E-state index contributed by atoms with van der Waals surface area (Å²) in [5, 5.41) is 0.568. The number of nitrogen functional groups attached to an aromatic ring is 1. The van der Waals surface area contributed by atoms with Gasteiger partial charge >= 0.3 is 0 Å². The Bertz CT molecular complexity index is 326. The first-order valence-electron chi connectivity index (χ1n) is 3.92. The first kappa shape index (κ1) is 10.2. The molecule has 0 atom stereocenters. The molecule has 13 heavy (non-hydrogen) atoms. The van der Waals surface area contributed by atoms with Crippen LogP contribution in [0.4, 0.5) is 5.69 Å². The van der Waals surface area contributed by atoms with Gasteiger partial charge in [0.05, 0.1) is 17.8 Å². The summed E-state index contributed by atoms with van der Waals surface area (Å²) in [5.41, 5.74) is 5.46. The van der Waals surface area contributed by atoms with Crippen LogP contribution in [0.1, 0.15) is 11.1 Å². The number of hydrogen-bond acceptors (Lipinski definition) is 3. The van der Waals surface area contributed by atoms with E-state index in [2.05, 4.69) is 5.43 Å². The maximum absolute atomic E-state index is 5.96. The monoisotopic (exact) mass is 200 g/mol. The predicted octanol–water partition coefficient (Wildman–Crippen LogP) is 2.25. The summed E-state index contributed by atoms with van der Waals surface area (Å²) in [5.74, 6) is 5.97. The largest absolute Gasteiger partial charge is 0.493 e. The number of anilines is 1. The molecule has 3 N–H and O–H groups in total. The van der Waals surface area contributed by atoms with E-state index in [9.17, 15) is 0 Å². The number of aryl methyl sites for hydroxylation is 1. The smallest absolute Gasteiger partial charge is 0.162 e. The standard InChI is InChI=1S/C9H13ClN2O/c1-5-4-7(10)9(13-3)8(12-11)6(5)2/h4,12H,11H2,1-3H3. The molecule has 1 aromatic rings. The molecule has 1 aromatic carbocycles. The van der Waals surface area contributed by atoms with Gasteiger partial charge in [0.2, 0.25) is 0 Å². The molecule has 0 radical (unpaired) electrons. The van der Waals surface area contributed by atoms with Gasteiger partial charge in [-0.1, -0.05) is 11.6 Å². The molecule has 0 heterocycles. The van der Waals surface area contributed by atoms with Gasteiger partial charge < -0.3 is 10.2 Å². The van der Waals surface area contributed by atoms with Crippen molar-refractivity contribution in [1.82, 2.24) is 0 Å². The highest BCUT2D eigenvalue weighted by atomic mass is 35.5. The highest BCUT2D eigenvalue weighted by Gasteiger charge is 2.11. The van der Waals surface area contributed by atoms with Gasteiger partial charge in [-0.15, -0.1) is 0 Å². The minimum atomic E-state index is 0.568. The van der Waals surface area contributed by atoms with E-state index >= 15 is 0 Å². The van der Waals surface area contributed by atoms with E-state index in [1.807, 2.05) is 19.9 Å². The number of halogens is 1. The van der Waals surface area contributed by atoms with E-state index < -0.39 is 0 Å². The first-order valence-corrected chi connectivity index (χ1v) is 4.30. The van der Waals surface area contributed by atoms with Crippen molar-refractivity contribution in [1.29, 1.82) is 0 Å². The number of nitrogens with two attached hydrogens (primary N) is 1. The molecule has 0 aliphatic rings. The number of benzene rings is 1. The van der Waals surface area contributed by atoms with Gasteiger partial charge in [-0.05, 0) is 31.0 Å². The Balaban J connectivity index is 3.41. The van der Waals surface area contributed by atoms with Crippen LogP contribution in [0, 0.1) is 13.8 Å². The molecule has 0 unspecified atom stereocenters. The fourth-order valence-corrected chi connectivity index (χ4v) is 1.56. The van der Waals surface area contributed by atoms with Crippen LogP contribution in [0.3, 0.4) is 0 Å². The second-order valence-electron chi connectivity index (χ2n) is 2.85. The van der Waals surface area contributed by atoms with Gasteiger partial charge in [0, 0.05) is 0 Å². The Kier molecular flexibility index (Phi) is 3.01. The van der Waals surface area contributed by atoms with Gasteiger partial charge in [0.1, 0.15) is 0 Å². The zero-order valence-electron chi connectivity index (χ0n) is 7.94. The van der Waals surface area contributed by atoms with Gasteiger partial charge in [0.15, 0.2) is 5.75 Å². The molecule has 4 heteroatoms. The molecule has 0 amide bonds. The van der Waals surface area contributed by atoms with Crippen molar-refractivity contribution < 1.29 is 4.74 Å². The molecular weight excluding hydrogens is 188 g/mol. The van der Waals surface area contributed by atoms with Crippen LogP contribution < -0.4 is 16.0 Å². The van der Waals surface area contributed by atoms with E-state index in [1.165, 1.54) is 0 Å². The van der Waals surface area contributed by atoms with Gasteiger partial charge in [-0.2, -0.15) is 0 Å². The second-order valence-corrected chi connectivity index (χ2v) is 3.26. The van der Waals surface area contributed by atoms with Crippen molar-refractivity contribution in [3.63, 3.8) is 0 Å². The van der Waals surface area contributed by atoms with Crippen molar-refractivity contribution in [3.8, 4) is 5.75 Å². The molecular formula is C9H13ClN2O. The molecule has 0 fully saturated rings. The maximum atomic E-state index is 5.96. The normalized spacial score (nSPS) is 9.92. The molecule has 72 valence electrons. The van der Waals surface area contributed by atoms with Crippen molar-refractivity contribution in [2.24, 2.45) is 5.84 Å². The van der Waals surface area contributed by atoms with E-state index in [-0.39, 0.29) is 0 Å². The van der Waals surface area contributed by atoms with Crippen LogP contribution in [-0.4, -0.2) is 7.11 Å². The van der Waals surface area contributed by atoms with E-state index in [0.29, 0.717) is 10.8 Å². The molecule has 0 aliphatic heterocycles. The third kappa shape index (κ3) is 1.71. The molecule has 1 rings (SSSR count). The molecule has 0 aromatic heterocycles. The predicted molar refractivity (Wildman–Crippen MR) is 55.3 cm³/mol. The van der Waals surface area contributed by atoms with Crippen LogP contribution in [0.15, 0.2) is 6.07 Å². The van der Waals surface area contributed by atoms with Gasteiger partial charge in [0.25, 0.3) is 0 Å². The third-order valence-electron chi connectivity index (χ3n) is 2.10. The fraction of sp³-hybridized carbons (Fsp3) is 0.333. The van der Waals surface area contributed by atoms with Crippen LogP contribution in [0.2, 0.25) is 5.02 Å². The van der Waals surface area contributed by atoms with E-state index in [0.717, 1.165) is 16.8 Å². The molecule has 0 aliphatic carbocycles. The summed E-state index contributed by atoms with van der Waals surface area (Å²) in [6.07, 6.45) is 0. The maximum Gasteiger partial charge on any atom is 0.162 e. The SMILES string of the molecule is COc1c(Cl)cc(C)c(C)c1NN. The fourth-order valence-electron chi connectivity index (χ4n) is 1.22. The van der Waals surface area contributed by atoms with Crippen molar-refractivity contribution >= 4 is 17.3 Å². The van der Waals surface area contributed by atoms with Crippen molar-refractivity contribution in [2.45, 2.75) is 13.8 Å². The minimum absolute atomic E-state index is 0.568. The Morgan fingerprint density at radius 1 is 1.46 bits per heavy atom. The lowest BCUT2D eigenvalue weighted by Gasteiger charge is -2.14. The molecule has 0 spiro atoms. The zero-order valence-corrected chi connectivity index (χ0v) is 8.70. The summed E-state index contributed by atoms with van der Waals surface area (Å²) < 4.78 is 5.13. The molecule has 3 nitrogen and oxygen atoms in total. The summed E-state index contributed by atoms with van der Waals surface area (Å²) >= 11 is 5.96. The number of nitrogens with one attached hydrogen (secondary N) is 1. The Morgan fingerprint density at radius 3 is 2.54 bits per heavy atom. The highest BCUT2D eigenvalue weighted by Crippen LogP contribution is 2.36. The van der Waals surface area contributed by atoms with Gasteiger partial charge in [-0.25, -0.2) is 0 Å². The lowest BCUT2D eigenvalue weighted by molar-refractivity contribution is 0.416. The number of ether oxygens (including phenoxy) is 1. The Labute approximate surface area is 82.8 Å². The lowest BCUT2D eigenvalue weighted by atomic mass is 10.1. The first-order chi connectivity index (χ1) is 6.11. The molecule has 0 saturated heterocycles. The summed E-state index contributed by atoms with van der Waals surface area (Å²) in [6.45, 7) is 3.94. The average Bonchev–Trinajstić information content (AvgIpc) is 2.10.